The van der Waals surface area contributed by atoms with Crippen LogP contribution in [0.4, 0.5) is 0 Å². The largest absolute Gasteiger partial charge is 0.309 e. The van der Waals surface area contributed by atoms with Crippen LogP contribution in [0.25, 0.3) is 110 Å². The monoisotopic (exact) mass is 712 g/mol. The highest BCUT2D eigenvalue weighted by atomic mass is 15.1. The van der Waals surface area contributed by atoms with Crippen LogP contribution < -0.4 is 0 Å². The van der Waals surface area contributed by atoms with Crippen molar-refractivity contribution in [3.05, 3.63) is 194 Å². The number of benzene rings is 9. The second kappa shape index (κ2) is 12.0. The molecule has 12 aromatic rings. The summed E-state index contributed by atoms with van der Waals surface area (Å²) < 4.78 is 4.76. The number of aromatic nitrogens is 4. The molecule has 4 nitrogen and oxygen atoms in total. The Labute approximate surface area is 322 Å². The third-order valence-corrected chi connectivity index (χ3v) is 11.5. The summed E-state index contributed by atoms with van der Waals surface area (Å²) in [5, 5.41) is 10.5. The molecule has 0 aliphatic rings. The summed E-state index contributed by atoms with van der Waals surface area (Å²) >= 11 is 0. The van der Waals surface area contributed by atoms with Crippen LogP contribution in [0.1, 0.15) is 0 Å². The van der Waals surface area contributed by atoms with Crippen LogP contribution in [0.5, 0.6) is 0 Å². The molecule has 0 bridgehead atoms. The summed E-state index contributed by atoms with van der Waals surface area (Å²) in [5.41, 5.74) is 10.1. The second-order valence-corrected chi connectivity index (χ2v) is 14.6. The zero-order valence-corrected chi connectivity index (χ0v) is 30.3. The summed E-state index contributed by atoms with van der Waals surface area (Å²) in [6.45, 7) is 0. The van der Waals surface area contributed by atoms with Gasteiger partial charge in [-0.1, -0.05) is 146 Å². The second-order valence-electron chi connectivity index (χ2n) is 14.6. The maximum atomic E-state index is 5.51. The molecule has 0 radical (unpaired) electrons. The summed E-state index contributed by atoms with van der Waals surface area (Å²) in [5.74, 6) is 1.57. The SMILES string of the molecule is c1ccc(-n2c3ccccc3c3c(-c4cccc5c4c4ccccc4n5-c4nc(-c5ccc6ccccc6c5)nc5c4ccc4ccccc45)cccc32)cc1. The Hall–Kier alpha value is -7.56. The molecular formula is C52H32N4. The molecule has 4 heteroatoms. The fourth-order valence-corrected chi connectivity index (χ4v) is 9.05. The Morgan fingerprint density at radius 2 is 0.893 bits per heavy atom. The van der Waals surface area contributed by atoms with Gasteiger partial charge in [-0.05, 0) is 75.8 Å². The van der Waals surface area contributed by atoms with E-state index in [1.807, 2.05) is 0 Å². The molecule has 260 valence electrons. The minimum Gasteiger partial charge on any atom is -0.309 e. The van der Waals surface area contributed by atoms with Gasteiger partial charge in [0.25, 0.3) is 0 Å². The van der Waals surface area contributed by atoms with Crippen molar-refractivity contribution in [2.24, 2.45) is 0 Å². The van der Waals surface area contributed by atoms with E-state index in [0.717, 1.165) is 55.2 Å². The third-order valence-electron chi connectivity index (χ3n) is 11.5. The van der Waals surface area contributed by atoms with Crippen molar-refractivity contribution in [3.63, 3.8) is 0 Å². The van der Waals surface area contributed by atoms with E-state index in [1.54, 1.807) is 0 Å². The van der Waals surface area contributed by atoms with Crippen LogP contribution in [-0.2, 0) is 0 Å². The Morgan fingerprint density at radius 1 is 0.339 bits per heavy atom. The van der Waals surface area contributed by atoms with Crippen molar-refractivity contribution in [2.75, 3.05) is 0 Å². The molecular weight excluding hydrogens is 681 g/mol. The zero-order valence-electron chi connectivity index (χ0n) is 30.3. The van der Waals surface area contributed by atoms with E-state index >= 15 is 0 Å². The highest BCUT2D eigenvalue weighted by Crippen LogP contribution is 2.44. The van der Waals surface area contributed by atoms with Crippen LogP contribution in [-0.4, -0.2) is 19.1 Å². The lowest BCUT2D eigenvalue weighted by molar-refractivity contribution is 1.08. The molecule has 9 aromatic carbocycles. The third kappa shape index (κ3) is 4.47. The van der Waals surface area contributed by atoms with E-state index in [-0.39, 0.29) is 0 Å². The van der Waals surface area contributed by atoms with Crippen molar-refractivity contribution in [1.82, 2.24) is 19.1 Å². The van der Waals surface area contributed by atoms with Gasteiger partial charge < -0.3 is 4.57 Å². The lowest BCUT2D eigenvalue weighted by Gasteiger charge is -2.14. The van der Waals surface area contributed by atoms with E-state index in [1.165, 1.54) is 49.1 Å². The van der Waals surface area contributed by atoms with Crippen LogP contribution in [0.15, 0.2) is 194 Å². The molecule has 0 atom stereocenters. The number of nitrogens with zero attached hydrogens (tertiary/aromatic N) is 4. The highest BCUT2D eigenvalue weighted by molar-refractivity contribution is 6.22. The van der Waals surface area contributed by atoms with Crippen LogP contribution >= 0.6 is 0 Å². The van der Waals surface area contributed by atoms with Gasteiger partial charge in [0.15, 0.2) is 5.82 Å². The summed E-state index contributed by atoms with van der Waals surface area (Å²) in [4.78, 5) is 10.8. The van der Waals surface area contributed by atoms with Crippen molar-refractivity contribution >= 4 is 76.1 Å². The Kier molecular flexibility index (Phi) is 6.60. The quantitative estimate of drug-likeness (QED) is 0.170. The first kappa shape index (κ1) is 30.9. The van der Waals surface area contributed by atoms with Gasteiger partial charge in [-0.25, -0.2) is 9.97 Å². The predicted octanol–water partition coefficient (Wildman–Crippen LogP) is 13.5. The standard InChI is InChI=1S/C52H32N4/c1-2-17-37(18-3-1)55-44-24-10-8-20-41(44)48-39(22-12-26-46(48)55)40-23-13-27-47-49(40)42-21-9-11-25-45(42)56(47)52-43-31-30-34-15-6-7-19-38(34)50(43)53-51(54-52)36-29-28-33-14-4-5-16-35(33)32-36/h1-32H. The molecule has 0 unspecified atom stereocenters. The van der Waals surface area contributed by atoms with Crippen LogP contribution in [0.2, 0.25) is 0 Å². The highest BCUT2D eigenvalue weighted by Gasteiger charge is 2.23. The fourth-order valence-electron chi connectivity index (χ4n) is 9.05. The van der Waals surface area contributed by atoms with Crippen molar-refractivity contribution < 1.29 is 0 Å². The van der Waals surface area contributed by atoms with Crippen molar-refractivity contribution in [2.45, 2.75) is 0 Å². The lowest BCUT2D eigenvalue weighted by atomic mass is 9.95. The van der Waals surface area contributed by atoms with Gasteiger partial charge >= 0.3 is 0 Å². The van der Waals surface area contributed by atoms with Crippen molar-refractivity contribution in [3.8, 4) is 34.0 Å². The first-order valence-corrected chi connectivity index (χ1v) is 19.1. The van der Waals surface area contributed by atoms with Crippen LogP contribution in [0.3, 0.4) is 0 Å². The maximum absolute atomic E-state index is 5.51. The Balaban J connectivity index is 1.19. The minimum atomic E-state index is 0.704. The zero-order chi connectivity index (χ0) is 36.7. The number of fused-ring (bicyclic) bond motifs is 10. The molecule has 0 N–H and O–H groups in total. The number of hydrogen-bond acceptors (Lipinski definition) is 2. The summed E-state index contributed by atoms with van der Waals surface area (Å²) in [6.07, 6.45) is 0. The van der Waals surface area contributed by atoms with E-state index in [9.17, 15) is 0 Å². The fraction of sp³-hybridized carbons (Fsp3) is 0. The molecule has 0 saturated carbocycles. The van der Waals surface area contributed by atoms with Gasteiger partial charge in [0, 0.05) is 43.6 Å². The normalized spacial score (nSPS) is 11.9. The number of para-hydroxylation sites is 3. The van der Waals surface area contributed by atoms with E-state index < -0.39 is 0 Å². The van der Waals surface area contributed by atoms with Gasteiger partial charge in [-0.15, -0.1) is 0 Å². The van der Waals surface area contributed by atoms with Crippen LogP contribution in [0, 0.1) is 0 Å². The lowest BCUT2D eigenvalue weighted by Crippen LogP contribution is -2.03. The molecule has 12 rings (SSSR count). The predicted molar refractivity (Wildman–Crippen MR) is 234 cm³/mol. The molecule has 0 aliphatic carbocycles. The Morgan fingerprint density at radius 3 is 1.62 bits per heavy atom. The molecule has 0 aliphatic heterocycles. The van der Waals surface area contributed by atoms with Crippen molar-refractivity contribution in [1.29, 1.82) is 0 Å². The average Bonchev–Trinajstić information content (AvgIpc) is 3.79. The van der Waals surface area contributed by atoms with E-state index in [2.05, 4.69) is 203 Å². The van der Waals surface area contributed by atoms with Gasteiger partial charge in [-0.3, -0.25) is 4.57 Å². The van der Waals surface area contributed by atoms with Gasteiger partial charge in [0.05, 0.1) is 27.6 Å². The summed E-state index contributed by atoms with van der Waals surface area (Å²) in [7, 11) is 0. The topological polar surface area (TPSA) is 35.6 Å². The number of rotatable bonds is 4. The smallest absolute Gasteiger partial charge is 0.162 e. The van der Waals surface area contributed by atoms with Gasteiger partial charge in [0.2, 0.25) is 0 Å². The van der Waals surface area contributed by atoms with Gasteiger partial charge in [0.1, 0.15) is 5.82 Å². The van der Waals surface area contributed by atoms with E-state index in [4.69, 9.17) is 9.97 Å². The number of hydrogen-bond donors (Lipinski definition) is 0. The summed E-state index contributed by atoms with van der Waals surface area (Å²) in [6, 6.07) is 69.6. The molecule has 3 aromatic heterocycles. The Bertz CT molecular complexity index is 3540. The maximum Gasteiger partial charge on any atom is 0.162 e. The van der Waals surface area contributed by atoms with E-state index in [0.29, 0.717) is 5.82 Å². The average molecular weight is 713 g/mol. The molecule has 0 fully saturated rings. The minimum absolute atomic E-state index is 0.704. The molecule has 0 spiro atoms. The first-order chi connectivity index (χ1) is 27.8. The molecule has 3 heterocycles. The molecule has 56 heavy (non-hydrogen) atoms. The van der Waals surface area contributed by atoms with Gasteiger partial charge in [-0.2, -0.15) is 0 Å². The molecule has 0 saturated heterocycles. The first-order valence-electron chi connectivity index (χ1n) is 19.1. The molecule has 0 amide bonds.